The average Bonchev–Trinajstić information content (AvgIpc) is 3.52. The molecular formula is C24H20Cl2N2OS. The predicted octanol–water partition coefficient (Wildman–Crippen LogP) is 7.41. The first-order valence-electron chi connectivity index (χ1n) is 9.94. The van der Waals surface area contributed by atoms with Gasteiger partial charge in [-0.1, -0.05) is 47.1 Å². The van der Waals surface area contributed by atoms with Crippen LogP contribution in [0.3, 0.4) is 0 Å². The second-order valence-corrected chi connectivity index (χ2v) is 9.34. The van der Waals surface area contributed by atoms with Gasteiger partial charge in [0, 0.05) is 21.5 Å². The lowest BCUT2D eigenvalue weighted by molar-refractivity contribution is 0.300. The smallest absolute Gasteiger partial charge is 0.174 e. The minimum absolute atomic E-state index is 0.697. The van der Waals surface area contributed by atoms with E-state index in [1.165, 1.54) is 18.4 Å². The molecular weight excluding hydrogens is 435 g/mol. The quantitative estimate of drug-likeness (QED) is 0.272. The topological polar surface area (TPSA) is 27.1 Å². The molecule has 1 aromatic heterocycles. The number of hydrogen-bond acceptors (Lipinski definition) is 3. The zero-order valence-electron chi connectivity index (χ0n) is 16.2. The van der Waals surface area contributed by atoms with Crippen molar-refractivity contribution in [1.29, 1.82) is 0 Å². The van der Waals surface area contributed by atoms with Crippen molar-refractivity contribution in [3.8, 4) is 11.4 Å². The van der Waals surface area contributed by atoms with E-state index in [0.29, 0.717) is 5.02 Å². The van der Waals surface area contributed by atoms with Crippen LogP contribution in [0.5, 0.6) is 5.75 Å². The van der Waals surface area contributed by atoms with Crippen molar-refractivity contribution < 1.29 is 4.74 Å². The van der Waals surface area contributed by atoms with E-state index >= 15 is 0 Å². The van der Waals surface area contributed by atoms with Crippen molar-refractivity contribution in [1.82, 2.24) is 9.55 Å². The van der Waals surface area contributed by atoms with Crippen molar-refractivity contribution in [3.63, 3.8) is 0 Å². The van der Waals surface area contributed by atoms with Crippen LogP contribution in [0.4, 0.5) is 0 Å². The number of thioether (sulfide) groups is 1. The Morgan fingerprint density at radius 3 is 2.40 bits per heavy atom. The van der Waals surface area contributed by atoms with Crippen LogP contribution in [-0.2, 0) is 5.75 Å². The average molecular weight is 455 g/mol. The summed E-state index contributed by atoms with van der Waals surface area (Å²) >= 11 is 14.0. The maximum absolute atomic E-state index is 6.30. The molecule has 1 fully saturated rings. The summed E-state index contributed by atoms with van der Waals surface area (Å²) in [7, 11) is 0. The molecule has 1 aliphatic rings. The van der Waals surface area contributed by atoms with Gasteiger partial charge in [-0.3, -0.25) is 4.57 Å². The normalized spacial score (nSPS) is 13.7. The van der Waals surface area contributed by atoms with E-state index in [1.807, 2.05) is 54.6 Å². The maximum atomic E-state index is 6.30. The number of hydrogen-bond donors (Lipinski definition) is 0. The summed E-state index contributed by atoms with van der Waals surface area (Å²) in [6.45, 7) is 0.811. The summed E-state index contributed by atoms with van der Waals surface area (Å²) in [6.07, 6.45) is 2.57. The number of aromatic nitrogens is 2. The Hall–Kier alpha value is -2.14. The van der Waals surface area contributed by atoms with Gasteiger partial charge in [-0.05, 0) is 78.9 Å². The molecule has 0 atom stereocenters. The summed E-state index contributed by atoms with van der Waals surface area (Å²) in [6, 6.07) is 22.0. The second kappa shape index (κ2) is 8.54. The number of ether oxygens (including phenoxy) is 1. The lowest BCUT2D eigenvalue weighted by atomic mass is 10.2. The van der Waals surface area contributed by atoms with Crippen molar-refractivity contribution in [2.75, 3.05) is 6.61 Å². The van der Waals surface area contributed by atoms with E-state index in [1.54, 1.807) is 11.8 Å². The molecule has 0 aliphatic heterocycles. The summed E-state index contributed by atoms with van der Waals surface area (Å²) < 4.78 is 8.05. The van der Waals surface area contributed by atoms with E-state index in [0.717, 1.165) is 50.9 Å². The largest absolute Gasteiger partial charge is 0.493 e. The fourth-order valence-electron chi connectivity index (χ4n) is 3.29. The minimum atomic E-state index is 0.697. The van der Waals surface area contributed by atoms with E-state index in [2.05, 4.69) is 16.7 Å². The molecule has 0 N–H and O–H groups in total. The Morgan fingerprint density at radius 2 is 1.67 bits per heavy atom. The van der Waals surface area contributed by atoms with E-state index in [9.17, 15) is 0 Å². The van der Waals surface area contributed by atoms with Gasteiger partial charge in [-0.2, -0.15) is 0 Å². The third-order valence-corrected chi connectivity index (χ3v) is 6.64. The van der Waals surface area contributed by atoms with Crippen LogP contribution < -0.4 is 4.74 Å². The molecule has 3 nitrogen and oxygen atoms in total. The fourth-order valence-corrected chi connectivity index (χ4v) is 4.57. The summed E-state index contributed by atoms with van der Waals surface area (Å²) in [5, 5.41) is 2.37. The molecule has 0 unspecified atom stereocenters. The molecule has 1 aliphatic carbocycles. The fraction of sp³-hybridized carbons (Fsp3) is 0.208. The Bertz CT molecular complexity index is 1170. The summed E-state index contributed by atoms with van der Waals surface area (Å²) in [5.41, 5.74) is 4.15. The summed E-state index contributed by atoms with van der Waals surface area (Å²) in [5.74, 6) is 2.44. The van der Waals surface area contributed by atoms with E-state index in [-0.39, 0.29) is 0 Å². The first-order valence-corrected chi connectivity index (χ1v) is 11.7. The van der Waals surface area contributed by atoms with Gasteiger partial charge < -0.3 is 4.74 Å². The van der Waals surface area contributed by atoms with Crippen molar-refractivity contribution >= 4 is 46.0 Å². The maximum Gasteiger partial charge on any atom is 0.174 e. The summed E-state index contributed by atoms with van der Waals surface area (Å²) in [4.78, 5) is 4.86. The molecule has 0 saturated heterocycles. The lowest BCUT2D eigenvalue weighted by Crippen LogP contribution is -2.00. The first kappa shape index (κ1) is 19.8. The zero-order chi connectivity index (χ0) is 20.5. The highest BCUT2D eigenvalue weighted by Gasteiger charge is 2.22. The van der Waals surface area contributed by atoms with E-state index in [4.69, 9.17) is 32.9 Å². The van der Waals surface area contributed by atoms with Gasteiger partial charge in [0.15, 0.2) is 5.16 Å². The van der Waals surface area contributed by atoms with Gasteiger partial charge in [0.05, 0.1) is 17.6 Å². The molecule has 5 rings (SSSR count). The molecule has 0 amide bonds. The zero-order valence-corrected chi connectivity index (χ0v) is 18.6. The monoisotopic (exact) mass is 454 g/mol. The van der Waals surface area contributed by atoms with Gasteiger partial charge in [0.2, 0.25) is 0 Å². The Kier molecular flexibility index (Phi) is 5.64. The predicted molar refractivity (Wildman–Crippen MR) is 125 cm³/mol. The molecule has 152 valence electrons. The molecule has 0 radical (unpaired) electrons. The van der Waals surface area contributed by atoms with Crippen molar-refractivity contribution in [3.05, 3.63) is 82.3 Å². The second-order valence-electron chi connectivity index (χ2n) is 7.53. The highest BCUT2D eigenvalue weighted by atomic mass is 35.5. The van der Waals surface area contributed by atoms with Crippen molar-refractivity contribution in [2.24, 2.45) is 5.92 Å². The molecule has 30 heavy (non-hydrogen) atoms. The van der Waals surface area contributed by atoms with Gasteiger partial charge in [-0.25, -0.2) is 4.98 Å². The van der Waals surface area contributed by atoms with E-state index < -0.39 is 0 Å². The lowest BCUT2D eigenvalue weighted by Gasteiger charge is -2.11. The molecule has 4 aromatic rings. The number of nitrogens with zero attached hydrogens (tertiary/aromatic N) is 2. The number of fused-ring (bicyclic) bond motifs is 1. The third kappa shape index (κ3) is 4.46. The molecule has 1 heterocycles. The van der Waals surface area contributed by atoms with Crippen molar-refractivity contribution in [2.45, 2.75) is 23.8 Å². The molecule has 1 saturated carbocycles. The molecule has 6 heteroatoms. The Balaban J connectivity index is 1.46. The van der Waals surface area contributed by atoms with Crippen LogP contribution in [0.15, 0.2) is 71.9 Å². The number of benzene rings is 3. The van der Waals surface area contributed by atoms with Gasteiger partial charge in [0.1, 0.15) is 5.75 Å². The SMILES string of the molecule is Clc1ccc(CSc2nc3ccc(Cl)cc3n2-c2ccc(OCC3CC3)cc2)cc1. The molecule has 0 bridgehead atoms. The number of imidazole rings is 1. The molecule has 0 spiro atoms. The molecule has 3 aromatic carbocycles. The van der Waals surface area contributed by atoms with Gasteiger partial charge in [0.25, 0.3) is 0 Å². The van der Waals surface area contributed by atoms with Gasteiger partial charge in [-0.15, -0.1) is 0 Å². The highest BCUT2D eigenvalue weighted by Crippen LogP contribution is 2.33. The first-order chi connectivity index (χ1) is 14.7. The number of rotatable bonds is 7. The van der Waals surface area contributed by atoms with Crippen LogP contribution in [-0.4, -0.2) is 16.2 Å². The van der Waals surface area contributed by atoms with Crippen LogP contribution in [0.1, 0.15) is 18.4 Å². The van der Waals surface area contributed by atoms with Crippen LogP contribution in [0.2, 0.25) is 10.0 Å². The standard InChI is InChI=1S/C24H20Cl2N2OS/c25-18-5-3-17(4-6-18)15-30-24-27-22-12-7-19(26)13-23(22)28(24)20-8-10-21(11-9-20)29-14-16-1-2-16/h3-13,16H,1-2,14-15H2. The highest BCUT2D eigenvalue weighted by molar-refractivity contribution is 7.98. The van der Waals surface area contributed by atoms with Gasteiger partial charge >= 0.3 is 0 Å². The Labute approximate surface area is 190 Å². The Morgan fingerprint density at radius 1 is 0.933 bits per heavy atom. The van der Waals surface area contributed by atoms with Crippen LogP contribution in [0, 0.1) is 5.92 Å². The minimum Gasteiger partial charge on any atom is -0.493 e. The van der Waals surface area contributed by atoms with Crippen LogP contribution in [0.25, 0.3) is 16.7 Å². The third-order valence-electron chi connectivity index (χ3n) is 5.14. The number of halogens is 2. The van der Waals surface area contributed by atoms with Crippen LogP contribution >= 0.6 is 35.0 Å².